The highest BCUT2D eigenvalue weighted by Crippen LogP contribution is 2.66. The van der Waals surface area contributed by atoms with E-state index < -0.39 is 0 Å². The molecule has 0 radical (unpaired) electrons. The first-order chi connectivity index (χ1) is 7.64. The molecule has 0 N–H and O–H groups in total. The van der Waals surface area contributed by atoms with Crippen LogP contribution in [-0.2, 0) is 14.3 Å². The summed E-state index contributed by atoms with van der Waals surface area (Å²) in [7, 11) is 0. The molecule has 16 heavy (non-hydrogen) atoms. The number of rotatable bonds is 4. The molecule has 2 aliphatic carbocycles. The van der Waals surface area contributed by atoms with Crippen LogP contribution in [0.25, 0.3) is 0 Å². The van der Waals surface area contributed by atoms with Crippen LogP contribution in [-0.4, -0.2) is 23.8 Å². The zero-order chi connectivity index (χ0) is 11.4. The number of carbonyl (C=O) groups excluding carboxylic acids is 1. The Morgan fingerprint density at radius 2 is 2.50 bits per heavy atom. The molecule has 0 unspecified atom stereocenters. The summed E-state index contributed by atoms with van der Waals surface area (Å²) >= 11 is 0. The molecule has 3 heteroatoms. The van der Waals surface area contributed by atoms with Crippen molar-refractivity contribution in [3.05, 3.63) is 12.7 Å². The van der Waals surface area contributed by atoms with Gasteiger partial charge in [-0.3, -0.25) is 4.79 Å². The summed E-state index contributed by atoms with van der Waals surface area (Å²) < 4.78 is 11.6. The van der Waals surface area contributed by atoms with Crippen LogP contribution in [0.3, 0.4) is 0 Å². The normalized spacial score (nSPS) is 48.4. The first kappa shape index (κ1) is 10.3. The Bertz CT molecular complexity index is 351. The molecular formula is C13H18O3. The van der Waals surface area contributed by atoms with E-state index >= 15 is 0 Å². The summed E-state index contributed by atoms with van der Waals surface area (Å²) in [5, 5.41) is 0. The molecule has 0 aromatic carbocycles. The summed E-state index contributed by atoms with van der Waals surface area (Å²) in [6.07, 6.45) is 5.74. The van der Waals surface area contributed by atoms with E-state index in [4.69, 9.17) is 9.47 Å². The van der Waals surface area contributed by atoms with E-state index in [1.807, 2.05) is 13.0 Å². The average molecular weight is 222 g/mol. The highest BCUT2D eigenvalue weighted by molar-refractivity contribution is 5.80. The minimum atomic E-state index is -0.362. The predicted molar refractivity (Wildman–Crippen MR) is 58.8 cm³/mol. The van der Waals surface area contributed by atoms with Crippen LogP contribution in [0.1, 0.15) is 32.6 Å². The highest BCUT2D eigenvalue weighted by atomic mass is 16.6. The van der Waals surface area contributed by atoms with Crippen LogP contribution in [0.5, 0.6) is 0 Å². The van der Waals surface area contributed by atoms with Crippen LogP contribution in [0.15, 0.2) is 12.7 Å². The third-order valence-corrected chi connectivity index (χ3v) is 4.71. The number of esters is 1. The van der Waals surface area contributed by atoms with Crippen molar-refractivity contribution in [2.45, 2.75) is 43.8 Å². The summed E-state index contributed by atoms with van der Waals surface area (Å²) in [6.45, 7) is 6.39. The fourth-order valence-electron chi connectivity index (χ4n) is 3.91. The van der Waals surface area contributed by atoms with Crippen molar-refractivity contribution in [1.82, 2.24) is 0 Å². The Balaban J connectivity index is 1.86. The third-order valence-electron chi connectivity index (χ3n) is 4.71. The molecule has 1 aliphatic heterocycles. The van der Waals surface area contributed by atoms with E-state index in [1.165, 1.54) is 0 Å². The van der Waals surface area contributed by atoms with E-state index in [0.29, 0.717) is 12.5 Å². The lowest BCUT2D eigenvalue weighted by molar-refractivity contribution is -0.198. The molecule has 88 valence electrons. The molecule has 0 bridgehead atoms. The maximum atomic E-state index is 11.7. The number of ether oxygens (including phenoxy) is 2. The fourth-order valence-corrected chi connectivity index (χ4v) is 3.91. The van der Waals surface area contributed by atoms with E-state index in [-0.39, 0.29) is 23.1 Å². The molecule has 0 amide bonds. The van der Waals surface area contributed by atoms with Crippen LogP contribution in [0, 0.1) is 11.8 Å². The average Bonchev–Trinajstić information content (AvgIpc) is 2.47. The molecule has 0 aromatic rings. The summed E-state index contributed by atoms with van der Waals surface area (Å²) in [5.41, 5.74) is -0.661. The standard InChI is InChI=1S/C13H18O3/c1-3-4-7-15-13-9-5-6-12(13,2)16-11(14)10(13)8-9/h3,9-10H,1,4-8H2,2H3/t9-,10-,12-,13-/m1/s1. The smallest absolute Gasteiger partial charge is 0.312 e. The van der Waals surface area contributed by atoms with Gasteiger partial charge in [-0.25, -0.2) is 0 Å². The van der Waals surface area contributed by atoms with Gasteiger partial charge in [-0.15, -0.1) is 6.58 Å². The lowest BCUT2D eigenvalue weighted by Crippen LogP contribution is -2.61. The number of hydrogen-bond donors (Lipinski definition) is 0. The molecule has 3 fully saturated rings. The quantitative estimate of drug-likeness (QED) is 0.415. The molecule has 3 nitrogen and oxygen atoms in total. The van der Waals surface area contributed by atoms with Gasteiger partial charge in [0.2, 0.25) is 0 Å². The van der Waals surface area contributed by atoms with Crippen LogP contribution >= 0.6 is 0 Å². The number of hydrogen-bond acceptors (Lipinski definition) is 3. The molecular weight excluding hydrogens is 204 g/mol. The highest BCUT2D eigenvalue weighted by Gasteiger charge is 2.77. The number of carbonyl (C=O) groups is 1. The Hall–Kier alpha value is -0.830. The second-order valence-corrected chi connectivity index (χ2v) is 5.39. The lowest BCUT2D eigenvalue weighted by Gasteiger charge is -2.49. The van der Waals surface area contributed by atoms with Gasteiger partial charge in [-0.1, -0.05) is 6.08 Å². The second-order valence-electron chi connectivity index (χ2n) is 5.39. The van der Waals surface area contributed by atoms with Crippen molar-refractivity contribution < 1.29 is 14.3 Å². The molecule has 1 saturated heterocycles. The van der Waals surface area contributed by atoms with Crippen molar-refractivity contribution >= 4 is 5.97 Å². The molecule has 4 atom stereocenters. The first-order valence-corrected chi connectivity index (χ1v) is 6.12. The van der Waals surface area contributed by atoms with Gasteiger partial charge in [-0.2, -0.15) is 0 Å². The van der Waals surface area contributed by atoms with Gasteiger partial charge >= 0.3 is 5.97 Å². The third kappa shape index (κ3) is 0.956. The van der Waals surface area contributed by atoms with Gasteiger partial charge < -0.3 is 9.47 Å². The minimum Gasteiger partial charge on any atom is -0.456 e. The van der Waals surface area contributed by atoms with Crippen LogP contribution in [0.2, 0.25) is 0 Å². The summed E-state index contributed by atoms with van der Waals surface area (Å²) in [6, 6.07) is 0. The largest absolute Gasteiger partial charge is 0.456 e. The fraction of sp³-hybridized carbons (Fsp3) is 0.769. The summed E-state index contributed by atoms with van der Waals surface area (Å²) in [4.78, 5) is 11.7. The van der Waals surface area contributed by atoms with Crippen molar-refractivity contribution in [2.24, 2.45) is 11.8 Å². The van der Waals surface area contributed by atoms with Gasteiger partial charge in [0.15, 0.2) is 0 Å². The second kappa shape index (κ2) is 3.10. The molecule has 1 heterocycles. The Morgan fingerprint density at radius 1 is 1.69 bits per heavy atom. The van der Waals surface area contributed by atoms with E-state index in [0.717, 1.165) is 25.7 Å². The van der Waals surface area contributed by atoms with Crippen molar-refractivity contribution in [3.8, 4) is 0 Å². The molecule has 0 spiro atoms. The van der Waals surface area contributed by atoms with Gasteiger partial charge in [0.1, 0.15) is 11.2 Å². The lowest BCUT2D eigenvalue weighted by atomic mass is 9.60. The monoisotopic (exact) mass is 222 g/mol. The Labute approximate surface area is 95.8 Å². The topological polar surface area (TPSA) is 35.5 Å². The maximum absolute atomic E-state index is 11.7. The van der Waals surface area contributed by atoms with Gasteiger partial charge in [-0.05, 0) is 38.5 Å². The molecule has 2 saturated carbocycles. The van der Waals surface area contributed by atoms with Crippen molar-refractivity contribution in [1.29, 1.82) is 0 Å². The zero-order valence-corrected chi connectivity index (χ0v) is 9.70. The van der Waals surface area contributed by atoms with Crippen molar-refractivity contribution in [3.63, 3.8) is 0 Å². The minimum absolute atomic E-state index is 0.00480. The predicted octanol–water partition coefficient (Wildman–Crippen LogP) is 2.06. The molecule has 3 aliphatic rings. The van der Waals surface area contributed by atoms with E-state index in [1.54, 1.807) is 0 Å². The van der Waals surface area contributed by atoms with Gasteiger partial charge in [0, 0.05) is 0 Å². The van der Waals surface area contributed by atoms with Gasteiger partial charge in [0.05, 0.1) is 12.5 Å². The van der Waals surface area contributed by atoms with Crippen molar-refractivity contribution in [2.75, 3.05) is 6.61 Å². The Morgan fingerprint density at radius 3 is 3.25 bits per heavy atom. The Kier molecular flexibility index (Phi) is 2.00. The van der Waals surface area contributed by atoms with Gasteiger partial charge in [0.25, 0.3) is 0 Å². The van der Waals surface area contributed by atoms with E-state index in [2.05, 4.69) is 6.58 Å². The molecule has 3 rings (SSSR count). The maximum Gasteiger partial charge on any atom is 0.312 e. The van der Waals surface area contributed by atoms with Crippen LogP contribution < -0.4 is 0 Å². The van der Waals surface area contributed by atoms with E-state index in [9.17, 15) is 4.79 Å². The summed E-state index contributed by atoms with van der Waals surface area (Å²) in [5.74, 6) is 0.477. The van der Waals surface area contributed by atoms with Crippen LogP contribution in [0.4, 0.5) is 0 Å². The zero-order valence-electron chi connectivity index (χ0n) is 9.70. The molecule has 0 aromatic heterocycles. The first-order valence-electron chi connectivity index (χ1n) is 6.12. The SMILES string of the molecule is C=CCCO[C@@]12[C@@H]3CC[C@@]1(C)OC(=O)[C@H]2C3.